The summed E-state index contributed by atoms with van der Waals surface area (Å²) in [6.07, 6.45) is 0. The fourth-order valence-electron chi connectivity index (χ4n) is 2.04. The number of hydrogen-bond donors (Lipinski definition) is 1. The third-order valence-electron chi connectivity index (χ3n) is 2.96. The Morgan fingerprint density at radius 3 is 2.68 bits per heavy atom. The molecule has 4 nitrogen and oxygen atoms in total. The standard InChI is InChI=1S/C14H18BrN3O/c1-9(2)7-18-13(8-19)16-17-14(18)12-6-11(15)5-4-10(12)3/h4-6,9,19H,7-8H2,1-3H3. The number of rotatable bonds is 4. The summed E-state index contributed by atoms with van der Waals surface area (Å²) in [6, 6.07) is 6.10. The van der Waals surface area contributed by atoms with E-state index in [1.165, 1.54) is 0 Å². The zero-order valence-electron chi connectivity index (χ0n) is 11.4. The minimum Gasteiger partial charge on any atom is -0.388 e. The number of aromatic nitrogens is 3. The smallest absolute Gasteiger partial charge is 0.164 e. The quantitative estimate of drug-likeness (QED) is 0.940. The molecule has 0 unspecified atom stereocenters. The molecule has 1 heterocycles. The molecule has 1 aromatic carbocycles. The molecular weight excluding hydrogens is 306 g/mol. The SMILES string of the molecule is Cc1ccc(Br)cc1-c1nnc(CO)n1CC(C)C. The molecule has 0 spiro atoms. The highest BCUT2D eigenvalue weighted by molar-refractivity contribution is 9.10. The van der Waals surface area contributed by atoms with Gasteiger partial charge in [0.1, 0.15) is 6.61 Å². The van der Waals surface area contributed by atoms with Crippen LogP contribution in [0, 0.1) is 12.8 Å². The summed E-state index contributed by atoms with van der Waals surface area (Å²) in [4.78, 5) is 0. The van der Waals surface area contributed by atoms with Crippen LogP contribution in [-0.4, -0.2) is 19.9 Å². The van der Waals surface area contributed by atoms with E-state index in [0.717, 1.165) is 28.0 Å². The van der Waals surface area contributed by atoms with Crippen LogP contribution in [0.5, 0.6) is 0 Å². The number of aryl methyl sites for hydroxylation is 1. The van der Waals surface area contributed by atoms with Crippen molar-refractivity contribution in [3.05, 3.63) is 34.1 Å². The van der Waals surface area contributed by atoms with E-state index in [-0.39, 0.29) is 6.61 Å². The van der Waals surface area contributed by atoms with Gasteiger partial charge < -0.3 is 9.67 Å². The molecule has 0 fully saturated rings. The molecule has 0 amide bonds. The van der Waals surface area contributed by atoms with Crippen LogP contribution < -0.4 is 0 Å². The van der Waals surface area contributed by atoms with E-state index in [0.29, 0.717) is 11.7 Å². The normalized spacial score (nSPS) is 11.3. The molecule has 0 saturated carbocycles. The molecule has 0 bridgehead atoms. The molecule has 2 rings (SSSR count). The van der Waals surface area contributed by atoms with Crippen LogP contribution in [0.1, 0.15) is 25.2 Å². The van der Waals surface area contributed by atoms with Crippen LogP contribution >= 0.6 is 15.9 Å². The van der Waals surface area contributed by atoms with Gasteiger partial charge in [-0.1, -0.05) is 35.8 Å². The van der Waals surface area contributed by atoms with E-state index in [2.05, 4.69) is 46.9 Å². The molecule has 0 saturated heterocycles. The molecular formula is C14H18BrN3O. The van der Waals surface area contributed by atoms with Crippen LogP contribution in [0.15, 0.2) is 22.7 Å². The number of aliphatic hydroxyl groups excluding tert-OH is 1. The average molecular weight is 324 g/mol. The van der Waals surface area contributed by atoms with Gasteiger partial charge in [-0.05, 0) is 30.5 Å². The average Bonchev–Trinajstić information content (AvgIpc) is 2.74. The van der Waals surface area contributed by atoms with E-state index >= 15 is 0 Å². The van der Waals surface area contributed by atoms with Crippen LogP contribution in [0.4, 0.5) is 0 Å². The summed E-state index contributed by atoms with van der Waals surface area (Å²) in [5.74, 6) is 1.90. The molecule has 2 aromatic rings. The zero-order chi connectivity index (χ0) is 14.0. The van der Waals surface area contributed by atoms with Gasteiger partial charge in [0.15, 0.2) is 11.6 Å². The summed E-state index contributed by atoms with van der Waals surface area (Å²) in [5.41, 5.74) is 2.19. The molecule has 0 aliphatic carbocycles. The monoisotopic (exact) mass is 323 g/mol. The van der Waals surface area contributed by atoms with Crippen LogP contribution in [0.2, 0.25) is 0 Å². The highest BCUT2D eigenvalue weighted by atomic mass is 79.9. The van der Waals surface area contributed by atoms with Crippen molar-refractivity contribution in [3.63, 3.8) is 0 Å². The van der Waals surface area contributed by atoms with Gasteiger partial charge in [0.05, 0.1) is 0 Å². The molecule has 5 heteroatoms. The maximum absolute atomic E-state index is 9.38. The van der Waals surface area contributed by atoms with Gasteiger partial charge >= 0.3 is 0 Å². The summed E-state index contributed by atoms with van der Waals surface area (Å²) >= 11 is 3.49. The van der Waals surface area contributed by atoms with E-state index in [4.69, 9.17) is 0 Å². The summed E-state index contributed by atoms with van der Waals surface area (Å²) in [5, 5.41) is 17.7. The Morgan fingerprint density at radius 1 is 1.32 bits per heavy atom. The summed E-state index contributed by atoms with van der Waals surface area (Å²) in [7, 11) is 0. The zero-order valence-corrected chi connectivity index (χ0v) is 13.0. The third-order valence-corrected chi connectivity index (χ3v) is 3.45. The highest BCUT2D eigenvalue weighted by Gasteiger charge is 2.16. The molecule has 1 N–H and O–H groups in total. The van der Waals surface area contributed by atoms with Gasteiger partial charge in [0, 0.05) is 16.6 Å². The lowest BCUT2D eigenvalue weighted by Crippen LogP contribution is -2.10. The van der Waals surface area contributed by atoms with Crippen molar-refractivity contribution < 1.29 is 5.11 Å². The predicted octanol–water partition coefficient (Wildman–Crippen LogP) is 3.16. The number of nitrogens with zero attached hydrogens (tertiary/aromatic N) is 3. The maximum Gasteiger partial charge on any atom is 0.164 e. The molecule has 0 aliphatic heterocycles. The molecule has 1 aromatic heterocycles. The Morgan fingerprint density at radius 2 is 2.05 bits per heavy atom. The van der Waals surface area contributed by atoms with E-state index < -0.39 is 0 Å². The lowest BCUT2D eigenvalue weighted by Gasteiger charge is -2.13. The molecule has 102 valence electrons. The molecule has 0 radical (unpaired) electrons. The second kappa shape index (κ2) is 5.84. The topological polar surface area (TPSA) is 50.9 Å². The minimum absolute atomic E-state index is 0.0905. The maximum atomic E-state index is 9.38. The Balaban J connectivity index is 2.55. The largest absolute Gasteiger partial charge is 0.388 e. The van der Waals surface area contributed by atoms with Crippen molar-refractivity contribution in [2.45, 2.75) is 33.9 Å². The minimum atomic E-state index is -0.0905. The lowest BCUT2D eigenvalue weighted by molar-refractivity contribution is 0.262. The Labute approximate surface area is 121 Å². The first-order chi connectivity index (χ1) is 9.02. The van der Waals surface area contributed by atoms with Gasteiger partial charge in [-0.15, -0.1) is 10.2 Å². The van der Waals surface area contributed by atoms with Crippen molar-refractivity contribution >= 4 is 15.9 Å². The first-order valence-electron chi connectivity index (χ1n) is 6.32. The first-order valence-corrected chi connectivity index (χ1v) is 7.11. The summed E-state index contributed by atoms with van der Waals surface area (Å²) < 4.78 is 3.01. The first kappa shape index (κ1) is 14.2. The Bertz CT molecular complexity index is 578. The van der Waals surface area contributed by atoms with Gasteiger partial charge in [-0.25, -0.2) is 0 Å². The van der Waals surface area contributed by atoms with Gasteiger partial charge in [0.25, 0.3) is 0 Å². The van der Waals surface area contributed by atoms with E-state index in [9.17, 15) is 5.11 Å². The van der Waals surface area contributed by atoms with Gasteiger partial charge in [-0.2, -0.15) is 0 Å². The highest BCUT2D eigenvalue weighted by Crippen LogP contribution is 2.26. The van der Waals surface area contributed by atoms with Crippen molar-refractivity contribution in [3.8, 4) is 11.4 Å². The predicted molar refractivity (Wildman–Crippen MR) is 78.7 cm³/mol. The Hall–Kier alpha value is -1.20. The van der Waals surface area contributed by atoms with Crippen molar-refractivity contribution in [1.29, 1.82) is 0 Å². The van der Waals surface area contributed by atoms with Crippen LogP contribution in [-0.2, 0) is 13.2 Å². The van der Waals surface area contributed by atoms with Crippen molar-refractivity contribution in [1.82, 2.24) is 14.8 Å². The van der Waals surface area contributed by atoms with E-state index in [1.807, 2.05) is 22.8 Å². The number of hydrogen-bond acceptors (Lipinski definition) is 3. The summed E-state index contributed by atoms with van der Waals surface area (Å²) in [6.45, 7) is 7.03. The second-order valence-electron chi connectivity index (χ2n) is 5.06. The number of halogens is 1. The van der Waals surface area contributed by atoms with Crippen molar-refractivity contribution in [2.75, 3.05) is 0 Å². The van der Waals surface area contributed by atoms with E-state index in [1.54, 1.807) is 0 Å². The van der Waals surface area contributed by atoms with Gasteiger partial charge in [0.2, 0.25) is 0 Å². The lowest BCUT2D eigenvalue weighted by atomic mass is 10.1. The third kappa shape index (κ3) is 3.04. The fraction of sp³-hybridized carbons (Fsp3) is 0.429. The van der Waals surface area contributed by atoms with Crippen molar-refractivity contribution in [2.24, 2.45) is 5.92 Å². The molecule has 0 aliphatic rings. The Kier molecular flexibility index (Phi) is 4.37. The van der Waals surface area contributed by atoms with Gasteiger partial charge in [-0.3, -0.25) is 0 Å². The number of aliphatic hydroxyl groups is 1. The molecule has 19 heavy (non-hydrogen) atoms. The number of benzene rings is 1. The molecule has 0 atom stereocenters. The fourth-order valence-corrected chi connectivity index (χ4v) is 2.40. The second-order valence-corrected chi connectivity index (χ2v) is 5.98. The van der Waals surface area contributed by atoms with Crippen LogP contribution in [0.25, 0.3) is 11.4 Å². The van der Waals surface area contributed by atoms with Crippen LogP contribution in [0.3, 0.4) is 0 Å².